The van der Waals surface area contributed by atoms with Crippen molar-refractivity contribution >= 4 is 17.4 Å². The molecule has 21 heavy (non-hydrogen) atoms. The van der Waals surface area contributed by atoms with Gasteiger partial charge in [-0.3, -0.25) is 19.7 Å². The molecule has 0 unspecified atom stereocenters. The van der Waals surface area contributed by atoms with Gasteiger partial charge in [0, 0.05) is 23.3 Å². The highest BCUT2D eigenvalue weighted by atomic mass is 16.6. The fourth-order valence-electron chi connectivity index (χ4n) is 1.88. The summed E-state index contributed by atoms with van der Waals surface area (Å²) in [5.74, 6) is -1.30. The van der Waals surface area contributed by atoms with E-state index in [1.165, 1.54) is 36.4 Å². The summed E-state index contributed by atoms with van der Waals surface area (Å²) in [5.41, 5.74) is 1.00. The Labute approximate surface area is 119 Å². The SMILES string of the molecule is O=C(O)Cc1ccc(C(=O)c2cccc([N+](=O)[O-])c2)cc1. The highest BCUT2D eigenvalue weighted by molar-refractivity contribution is 6.09. The second-order valence-electron chi connectivity index (χ2n) is 4.40. The van der Waals surface area contributed by atoms with Crippen LogP contribution in [0.1, 0.15) is 21.5 Å². The van der Waals surface area contributed by atoms with Gasteiger partial charge in [-0.15, -0.1) is 0 Å². The molecule has 6 nitrogen and oxygen atoms in total. The van der Waals surface area contributed by atoms with E-state index in [2.05, 4.69) is 0 Å². The van der Waals surface area contributed by atoms with E-state index in [1.54, 1.807) is 12.1 Å². The third kappa shape index (κ3) is 3.50. The molecule has 2 aromatic carbocycles. The molecule has 2 rings (SSSR count). The van der Waals surface area contributed by atoms with E-state index in [0.717, 1.165) is 0 Å². The normalized spacial score (nSPS) is 10.1. The van der Waals surface area contributed by atoms with Gasteiger partial charge in [0.2, 0.25) is 0 Å². The first kappa shape index (κ1) is 14.4. The molecule has 0 amide bonds. The highest BCUT2D eigenvalue weighted by Crippen LogP contribution is 2.17. The van der Waals surface area contributed by atoms with Crippen molar-refractivity contribution in [3.8, 4) is 0 Å². The molecule has 2 aromatic rings. The fourth-order valence-corrected chi connectivity index (χ4v) is 1.88. The lowest BCUT2D eigenvalue weighted by atomic mass is 10.0. The maximum absolute atomic E-state index is 12.2. The summed E-state index contributed by atoms with van der Waals surface area (Å²) in [5, 5.41) is 19.4. The fraction of sp³-hybridized carbons (Fsp3) is 0.0667. The van der Waals surface area contributed by atoms with E-state index in [1.807, 2.05) is 0 Å². The zero-order valence-corrected chi connectivity index (χ0v) is 10.9. The quantitative estimate of drug-likeness (QED) is 0.517. The number of carboxylic acid groups (broad SMARTS) is 1. The second kappa shape index (κ2) is 5.96. The van der Waals surface area contributed by atoms with Gasteiger partial charge in [-0.1, -0.05) is 36.4 Å². The zero-order valence-electron chi connectivity index (χ0n) is 10.9. The van der Waals surface area contributed by atoms with Crippen LogP contribution in [-0.2, 0) is 11.2 Å². The van der Waals surface area contributed by atoms with Crippen molar-refractivity contribution < 1.29 is 19.6 Å². The number of non-ortho nitro benzene ring substituents is 1. The summed E-state index contributed by atoms with van der Waals surface area (Å²) in [6, 6.07) is 11.6. The predicted octanol–water partition coefficient (Wildman–Crippen LogP) is 2.45. The van der Waals surface area contributed by atoms with Crippen LogP contribution in [0.25, 0.3) is 0 Å². The third-order valence-electron chi connectivity index (χ3n) is 2.89. The monoisotopic (exact) mass is 285 g/mol. The lowest BCUT2D eigenvalue weighted by molar-refractivity contribution is -0.384. The summed E-state index contributed by atoms with van der Waals surface area (Å²) in [6.07, 6.45) is -0.120. The average Bonchev–Trinajstić information content (AvgIpc) is 2.47. The lowest BCUT2D eigenvalue weighted by Crippen LogP contribution is -2.04. The van der Waals surface area contributed by atoms with Gasteiger partial charge in [0.25, 0.3) is 5.69 Å². The molecule has 0 heterocycles. The molecule has 0 aliphatic heterocycles. The summed E-state index contributed by atoms with van der Waals surface area (Å²) >= 11 is 0. The van der Waals surface area contributed by atoms with Crippen LogP contribution < -0.4 is 0 Å². The number of hydrogen-bond donors (Lipinski definition) is 1. The molecular weight excluding hydrogens is 274 g/mol. The maximum atomic E-state index is 12.2. The largest absolute Gasteiger partial charge is 0.481 e. The second-order valence-corrected chi connectivity index (χ2v) is 4.40. The Morgan fingerprint density at radius 3 is 2.29 bits per heavy atom. The minimum absolute atomic E-state index is 0.120. The molecule has 0 saturated carbocycles. The number of carbonyl (C=O) groups is 2. The van der Waals surface area contributed by atoms with Crippen LogP contribution in [0.4, 0.5) is 5.69 Å². The van der Waals surface area contributed by atoms with Gasteiger partial charge in [0.05, 0.1) is 11.3 Å². The Bertz CT molecular complexity index is 706. The van der Waals surface area contributed by atoms with Crippen LogP contribution in [0.5, 0.6) is 0 Å². The first-order valence-corrected chi connectivity index (χ1v) is 6.07. The van der Waals surface area contributed by atoms with Gasteiger partial charge < -0.3 is 5.11 Å². The van der Waals surface area contributed by atoms with Crippen molar-refractivity contribution in [3.63, 3.8) is 0 Å². The molecule has 0 spiro atoms. The molecule has 0 saturated heterocycles. The summed E-state index contributed by atoms with van der Waals surface area (Å²) < 4.78 is 0. The minimum Gasteiger partial charge on any atom is -0.481 e. The Kier molecular flexibility index (Phi) is 4.08. The van der Waals surface area contributed by atoms with Gasteiger partial charge in [-0.05, 0) is 5.56 Å². The van der Waals surface area contributed by atoms with Gasteiger partial charge in [0.1, 0.15) is 0 Å². The average molecular weight is 285 g/mol. The van der Waals surface area contributed by atoms with Crippen LogP contribution in [0.3, 0.4) is 0 Å². The molecule has 0 fully saturated rings. The summed E-state index contributed by atoms with van der Waals surface area (Å²) in [6.45, 7) is 0. The van der Waals surface area contributed by atoms with E-state index >= 15 is 0 Å². The highest BCUT2D eigenvalue weighted by Gasteiger charge is 2.13. The minimum atomic E-state index is -0.951. The van der Waals surface area contributed by atoms with E-state index in [4.69, 9.17) is 5.11 Å². The number of nitrogens with zero attached hydrogens (tertiary/aromatic N) is 1. The van der Waals surface area contributed by atoms with Crippen LogP contribution in [-0.4, -0.2) is 21.8 Å². The first-order chi connectivity index (χ1) is 9.97. The van der Waals surface area contributed by atoms with E-state index in [9.17, 15) is 19.7 Å². The Hall–Kier alpha value is -3.02. The van der Waals surface area contributed by atoms with Crippen molar-refractivity contribution in [1.82, 2.24) is 0 Å². The standard InChI is InChI=1S/C15H11NO5/c17-14(18)8-10-4-6-11(7-5-10)15(19)12-2-1-3-13(9-12)16(20)21/h1-7,9H,8H2,(H,17,18). The van der Waals surface area contributed by atoms with Crippen molar-refractivity contribution in [1.29, 1.82) is 0 Å². The summed E-state index contributed by atoms with van der Waals surface area (Å²) in [4.78, 5) is 32.9. The molecule has 0 atom stereocenters. The number of rotatable bonds is 5. The number of carbonyl (C=O) groups excluding carboxylic acids is 1. The van der Waals surface area contributed by atoms with Crippen molar-refractivity contribution in [2.75, 3.05) is 0 Å². The molecule has 0 aromatic heterocycles. The number of carboxylic acids is 1. The van der Waals surface area contributed by atoms with E-state index in [0.29, 0.717) is 11.1 Å². The molecule has 0 bridgehead atoms. The third-order valence-corrected chi connectivity index (χ3v) is 2.89. The number of aliphatic carboxylic acids is 1. The molecular formula is C15H11NO5. The number of nitro benzene ring substituents is 1. The Balaban J connectivity index is 2.25. The first-order valence-electron chi connectivity index (χ1n) is 6.07. The van der Waals surface area contributed by atoms with Crippen LogP contribution in [0.2, 0.25) is 0 Å². The number of hydrogen-bond acceptors (Lipinski definition) is 4. The predicted molar refractivity (Wildman–Crippen MR) is 74.3 cm³/mol. The van der Waals surface area contributed by atoms with Crippen LogP contribution in [0, 0.1) is 10.1 Å². The van der Waals surface area contributed by atoms with E-state index in [-0.39, 0.29) is 23.5 Å². The molecule has 0 aliphatic carbocycles. The Morgan fingerprint density at radius 1 is 1.05 bits per heavy atom. The van der Waals surface area contributed by atoms with E-state index < -0.39 is 10.9 Å². The molecule has 106 valence electrons. The van der Waals surface area contributed by atoms with Crippen molar-refractivity contribution in [2.45, 2.75) is 6.42 Å². The number of benzene rings is 2. The topological polar surface area (TPSA) is 97.5 Å². The number of ketones is 1. The number of nitro groups is 1. The Morgan fingerprint density at radius 2 is 1.71 bits per heavy atom. The maximum Gasteiger partial charge on any atom is 0.307 e. The van der Waals surface area contributed by atoms with Gasteiger partial charge >= 0.3 is 5.97 Å². The van der Waals surface area contributed by atoms with Gasteiger partial charge in [0.15, 0.2) is 5.78 Å². The van der Waals surface area contributed by atoms with Crippen LogP contribution in [0.15, 0.2) is 48.5 Å². The smallest absolute Gasteiger partial charge is 0.307 e. The molecule has 1 N–H and O–H groups in total. The van der Waals surface area contributed by atoms with Gasteiger partial charge in [-0.2, -0.15) is 0 Å². The molecule has 6 heteroatoms. The van der Waals surface area contributed by atoms with Crippen molar-refractivity contribution in [2.24, 2.45) is 0 Å². The van der Waals surface area contributed by atoms with Gasteiger partial charge in [-0.25, -0.2) is 0 Å². The lowest BCUT2D eigenvalue weighted by Gasteiger charge is -2.03. The molecule has 0 radical (unpaired) electrons. The van der Waals surface area contributed by atoms with Crippen LogP contribution >= 0.6 is 0 Å². The van der Waals surface area contributed by atoms with Crippen molar-refractivity contribution in [3.05, 3.63) is 75.3 Å². The molecule has 0 aliphatic rings. The summed E-state index contributed by atoms with van der Waals surface area (Å²) in [7, 11) is 0. The zero-order chi connectivity index (χ0) is 15.4.